The van der Waals surface area contributed by atoms with E-state index in [2.05, 4.69) is 0 Å². The van der Waals surface area contributed by atoms with Gasteiger partial charge in [0.05, 0.1) is 18.8 Å². The molecule has 2 nitrogen and oxygen atoms in total. The van der Waals surface area contributed by atoms with E-state index in [-0.39, 0.29) is 22.3 Å². The van der Waals surface area contributed by atoms with E-state index in [4.69, 9.17) is 10.2 Å². The summed E-state index contributed by atoms with van der Waals surface area (Å²) in [5.41, 5.74) is -0.548. The molecule has 6 heteroatoms. The quantitative estimate of drug-likeness (QED) is 0.823. The van der Waals surface area contributed by atoms with E-state index >= 15 is 0 Å². The van der Waals surface area contributed by atoms with Gasteiger partial charge in [-0.2, -0.15) is 13.2 Å². The van der Waals surface area contributed by atoms with E-state index in [1.807, 2.05) is 0 Å². The number of alkyl halides is 3. The predicted molar refractivity (Wildman–Crippen MR) is 59.8 cm³/mol. The van der Waals surface area contributed by atoms with E-state index in [1.54, 1.807) is 6.92 Å². The molecule has 0 bridgehead atoms. The van der Waals surface area contributed by atoms with Gasteiger partial charge in [-0.05, 0) is 17.7 Å². The molecule has 0 amide bonds. The van der Waals surface area contributed by atoms with Crippen LogP contribution in [0.15, 0.2) is 23.1 Å². The van der Waals surface area contributed by atoms with Crippen molar-refractivity contribution in [2.75, 3.05) is 6.61 Å². The lowest BCUT2D eigenvalue weighted by Gasteiger charge is -2.15. The van der Waals surface area contributed by atoms with Crippen molar-refractivity contribution in [3.63, 3.8) is 0 Å². The molecule has 0 aliphatic heterocycles. The first-order chi connectivity index (χ1) is 7.88. The third kappa shape index (κ3) is 3.90. The summed E-state index contributed by atoms with van der Waals surface area (Å²) in [6.07, 6.45) is -4.46. The standard InChI is InChI=1S/C11H13F3O2S/c1-7(5-15)17-10-3-2-8(6-16)4-9(10)11(12,13)14/h2-4,7,15-16H,5-6H2,1H3. The fraction of sp³-hybridized carbons (Fsp3) is 0.455. The molecule has 0 saturated heterocycles. The van der Waals surface area contributed by atoms with Crippen LogP contribution in [0.25, 0.3) is 0 Å². The Hall–Kier alpha value is -0.720. The highest BCUT2D eigenvalue weighted by molar-refractivity contribution is 8.00. The first-order valence-electron chi connectivity index (χ1n) is 4.97. The Morgan fingerprint density at radius 3 is 2.41 bits per heavy atom. The molecule has 1 unspecified atom stereocenters. The minimum Gasteiger partial charge on any atom is -0.395 e. The molecule has 0 spiro atoms. The Balaban J connectivity index is 3.11. The van der Waals surface area contributed by atoms with Crippen molar-refractivity contribution < 1.29 is 23.4 Å². The summed E-state index contributed by atoms with van der Waals surface area (Å²) in [6, 6.07) is 3.71. The lowest BCUT2D eigenvalue weighted by atomic mass is 10.1. The molecule has 0 aromatic heterocycles. The highest BCUT2D eigenvalue weighted by Gasteiger charge is 2.34. The number of thioether (sulfide) groups is 1. The van der Waals surface area contributed by atoms with E-state index in [0.717, 1.165) is 17.8 Å². The molecule has 1 aromatic rings. The first kappa shape index (κ1) is 14.3. The van der Waals surface area contributed by atoms with Crippen molar-refractivity contribution >= 4 is 11.8 Å². The second kappa shape index (κ2) is 5.75. The van der Waals surface area contributed by atoms with Crippen molar-refractivity contribution in [2.24, 2.45) is 0 Å². The van der Waals surface area contributed by atoms with Gasteiger partial charge in [-0.1, -0.05) is 13.0 Å². The van der Waals surface area contributed by atoms with Crippen LogP contribution in [0.3, 0.4) is 0 Å². The van der Waals surface area contributed by atoms with E-state index in [1.165, 1.54) is 12.1 Å². The Morgan fingerprint density at radius 1 is 1.29 bits per heavy atom. The van der Waals surface area contributed by atoms with Crippen LogP contribution in [0.5, 0.6) is 0 Å². The van der Waals surface area contributed by atoms with E-state index < -0.39 is 18.3 Å². The fourth-order valence-electron chi connectivity index (χ4n) is 1.25. The summed E-state index contributed by atoms with van der Waals surface area (Å²) in [5, 5.41) is 17.4. The van der Waals surface area contributed by atoms with Gasteiger partial charge in [0, 0.05) is 10.1 Å². The van der Waals surface area contributed by atoms with Crippen LogP contribution in [-0.2, 0) is 12.8 Å². The van der Waals surface area contributed by atoms with Gasteiger partial charge in [-0.15, -0.1) is 11.8 Å². The van der Waals surface area contributed by atoms with Crippen LogP contribution in [-0.4, -0.2) is 22.1 Å². The minimum absolute atomic E-state index is 0.0660. The largest absolute Gasteiger partial charge is 0.417 e. The molecule has 1 aromatic carbocycles. The maximum Gasteiger partial charge on any atom is 0.417 e. The zero-order valence-corrected chi connectivity index (χ0v) is 9.98. The Kier molecular flexibility index (Phi) is 4.85. The normalized spacial score (nSPS) is 13.8. The topological polar surface area (TPSA) is 40.5 Å². The fourth-order valence-corrected chi connectivity index (χ4v) is 2.21. The molecule has 0 fully saturated rings. The summed E-state index contributed by atoms with van der Waals surface area (Å²) in [6.45, 7) is 1.03. The van der Waals surface area contributed by atoms with Crippen LogP contribution in [0, 0.1) is 0 Å². The van der Waals surface area contributed by atoms with Crippen LogP contribution in [0.1, 0.15) is 18.1 Å². The van der Waals surface area contributed by atoms with Crippen molar-refractivity contribution in [3.8, 4) is 0 Å². The molecule has 1 atom stereocenters. The van der Waals surface area contributed by atoms with Crippen molar-refractivity contribution in [2.45, 2.75) is 29.9 Å². The van der Waals surface area contributed by atoms with Crippen LogP contribution >= 0.6 is 11.8 Å². The van der Waals surface area contributed by atoms with Crippen molar-refractivity contribution in [3.05, 3.63) is 29.3 Å². The summed E-state index contributed by atoms with van der Waals surface area (Å²) in [7, 11) is 0. The summed E-state index contributed by atoms with van der Waals surface area (Å²) >= 11 is 0.965. The maximum atomic E-state index is 12.8. The zero-order valence-electron chi connectivity index (χ0n) is 9.16. The third-order valence-corrected chi connectivity index (χ3v) is 3.28. The number of hydrogen-bond acceptors (Lipinski definition) is 3. The average Bonchev–Trinajstić information content (AvgIpc) is 2.28. The lowest BCUT2D eigenvalue weighted by Crippen LogP contribution is -2.10. The van der Waals surface area contributed by atoms with E-state index in [9.17, 15) is 13.2 Å². The van der Waals surface area contributed by atoms with Gasteiger partial charge in [0.1, 0.15) is 0 Å². The third-order valence-electron chi connectivity index (χ3n) is 2.12. The van der Waals surface area contributed by atoms with Gasteiger partial charge in [-0.25, -0.2) is 0 Å². The molecule has 0 saturated carbocycles. The highest BCUT2D eigenvalue weighted by atomic mass is 32.2. The molecule has 2 N–H and O–H groups in total. The Labute approximate surface area is 101 Å². The first-order valence-corrected chi connectivity index (χ1v) is 5.85. The van der Waals surface area contributed by atoms with Gasteiger partial charge in [0.2, 0.25) is 0 Å². The van der Waals surface area contributed by atoms with Crippen molar-refractivity contribution in [1.29, 1.82) is 0 Å². The molecule has 0 aliphatic carbocycles. The highest BCUT2D eigenvalue weighted by Crippen LogP contribution is 2.38. The number of benzene rings is 1. The average molecular weight is 266 g/mol. The van der Waals surface area contributed by atoms with Crippen LogP contribution in [0.2, 0.25) is 0 Å². The Morgan fingerprint density at radius 2 is 1.94 bits per heavy atom. The summed E-state index contributed by atoms with van der Waals surface area (Å²) in [5.74, 6) is 0. The molecule has 0 radical (unpaired) electrons. The van der Waals surface area contributed by atoms with Crippen LogP contribution < -0.4 is 0 Å². The number of aliphatic hydroxyl groups excluding tert-OH is 2. The lowest BCUT2D eigenvalue weighted by molar-refractivity contribution is -0.139. The van der Waals surface area contributed by atoms with Gasteiger partial charge in [-0.3, -0.25) is 0 Å². The zero-order chi connectivity index (χ0) is 13.1. The van der Waals surface area contributed by atoms with Crippen molar-refractivity contribution in [1.82, 2.24) is 0 Å². The van der Waals surface area contributed by atoms with Crippen LogP contribution in [0.4, 0.5) is 13.2 Å². The van der Waals surface area contributed by atoms with Gasteiger partial charge >= 0.3 is 6.18 Å². The van der Waals surface area contributed by atoms with Gasteiger partial charge < -0.3 is 10.2 Å². The minimum atomic E-state index is -4.46. The SMILES string of the molecule is CC(CO)Sc1ccc(CO)cc1C(F)(F)F. The second-order valence-electron chi connectivity index (χ2n) is 3.60. The van der Waals surface area contributed by atoms with Gasteiger partial charge in [0.25, 0.3) is 0 Å². The number of aliphatic hydroxyl groups is 2. The molecule has 0 aliphatic rings. The molecule has 1 rings (SSSR count). The number of halogens is 3. The summed E-state index contributed by atoms with van der Waals surface area (Å²) in [4.78, 5) is 0.0660. The molecule has 0 heterocycles. The molecule has 17 heavy (non-hydrogen) atoms. The number of rotatable bonds is 4. The summed E-state index contributed by atoms with van der Waals surface area (Å²) < 4.78 is 38.3. The molecule has 96 valence electrons. The number of hydrogen-bond donors (Lipinski definition) is 2. The molecular weight excluding hydrogens is 253 g/mol. The monoisotopic (exact) mass is 266 g/mol. The van der Waals surface area contributed by atoms with E-state index in [0.29, 0.717) is 0 Å². The maximum absolute atomic E-state index is 12.8. The smallest absolute Gasteiger partial charge is 0.395 e. The van der Waals surface area contributed by atoms with Gasteiger partial charge in [0.15, 0.2) is 0 Å². The second-order valence-corrected chi connectivity index (χ2v) is 5.08. The molecular formula is C11H13F3O2S. The Bertz CT molecular complexity index is 379. The predicted octanol–water partition coefficient (Wildman–Crippen LogP) is 2.67.